The Hall–Kier alpha value is -1.51. The molecule has 0 bridgehead atoms. The van der Waals surface area contributed by atoms with Crippen LogP contribution < -0.4 is 10.1 Å². The molecule has 2 rings (SSSR count). The van der Waals surface area contributed by atoms with Crippen molar-refractivity contribution in [3.05, 3.63) is 18.2 Å². The van der Waals surface area contributed by atoms with Gasteiger partial charge in [0.25, 0.3) is 0 Å². The first-order valence-corrected chi connectivity index (χ1v) is 9.23. The molecule has 0 unspecified atom stereocenters. The van der Waals surface area contributed by atoms with Crippen molar-refractivity contribution in [1.29, 1.82) is 0 Å². The van der Waals surface area contributed by atoms with Gasteiger partial charge in [0.1, 0.15) is 5.75 Å². The van der Waals surface area contributed by atoms with Crippen LogP contribution in [0.5, 0.6) is 5.75 Å². The van der Waals surface area contributed by atoms with Crippen LogP contribution in [0, 0.1) is 0 Å². The summed E-state index contributed by atoms with van der Waals surface area (Å²) in [5.41, 5.74) is 0.950. The average molecular weight is 355 g/mol. The molecular formula is C15H21N3O3S2. The minimum atomic E-state index is -0.480. The number of fused-ring (bicyclic) bond motifs is 1. The quantitative estimate of drug-likeness (QED) is 0.344. The number of aromatic nitrogens is 1. The second kappa shape index (κ2) is 8.37. The number of urea groups is 1. The Morgan fingerprint density at radius 1 is 1.52 bits per heavy atom. The molecule has 0 fully saturated rings. The maximum Gasteiger partial charge on any atom is 0.341 e. The third-order valence-corrected chi connectivity index (χ3v) is 5.12. The summed E-state index contributed by atoms with van der Waals surface area (Å²) in [6.07, 6.45) is 0. The van der Waals surface area contributed by atoms with Crippen molar-refractivity contribution in [2.24, 2.45) is 0 Å². The van der Waals surface area contributed by atoms with Gasteiger partial charge < -0.3 is 10.1 Å². The molecule has 1 aromatic carbocycles. The molecular weight excluding hydrogens is 334 g/mol. The highest BCUT2D eigenvalue weighted by molar-refractivity contribution is 8.01. The number of thiazole rings is 1. The highest BCUT2D eigenvalue weighted by Crippen LogP contribution is 2.31. The van der Waals surface area contributed by atoms with E-state index < -0.39 is 6.03 Å². The third-order valence-electron chi connectivity index (χ3n) is 2.95. The molecule has 6 nitrogen and oxygen atoms in total. The molecule has 0 saturated heterocycles. The maximum absolute atomic E-state index is 11.6. The number of ether oxygens (including phenoxy) is 1. The van der Waals surface area contributed by atoms with Crippen molar-refractivity contribution >= 4 is 39.3 Å². The monoisotopic (exact) mass is 355 g/mol. The van der Waals surface area contributed by atoms with Crippen LogP contribution in [0.2, 0.25) is 0 Å². The lowest BCUT2D eigenvalue weighted by Crippen LogP contribution is -2.42. The molecule has 0 atom stereocenters. The number of rotatable bonds is 7. The topological polar surface area (TPSA) is 74.7 Å². The van der Waals surface area contributed by atoms with Gasteiger partial charge in [-0.15, -0.1) is 11.3 Å². The van der Waals surface area contributed by atoms with Crippen LogP contribution in [0.3, 0.4) is 0 Å². The molecule has 0 spiro atoms. The number of hydrogen-bond donors (Lipinski definition) is 2. The van der Waals surface area contributed by atoms with Crippen LogP contribution >= 0.6 is 23.1 Å². The Bertz CT molecular complexity index is 660. The zero-order valence-corrected chi connectivity index (χ0v) is 15.0. The molecule has 8 heteroatoms. The SMILES string of the molecule is CCOc1ccc2nc(SCCNC(=O)N(O)C(C)C)sc2c1. The van der Waals surface area contributed by atoms with E-state index in [0.717, 1.165) is 20.3 Å². The van der Waals surface area contributed by atoms with Crippen LogP contribution in [0.15, 0.2) is 22.5 Å². The molecule has 0 saturated carbocycles. The number of amides is 2. The van der Waals surface area contributed by atoms with Crippen molar-refractivity contribution in [2.45, 2.75) is 31.2 Å². The predicted molar refractivity (Wildman–Crippen MR) is 93.7 cm³/mol. The Kier molecular flexibility index (Phi) is 6.49. The normalized spacial score (nSPS) is 11.0. The average Bonchev–Trinajstić information content (AvgIpc) is 2.92. The molecule has 1 aromatic heterocycles. The Morgan fingerprint density at radius 2 is 2.30 bits per heavy atom. The molecule has 0 radical (unpaired) electrons. The van der Waals surface area contributed by atoms with E-state index in [0.29, 0.717) is 24.0 Å². The van der Waals surface area contributed by atoms with Gasteiger partial charge >= 0.3 is 6.03 Å². The van der Waals surface area contributed by atoms with Crippen molar-refractivity contribution in [1.82, 2.24) is 15.4 Å². The van der Waals surface area contributed by atoms with Crippen LogP contribution in [0.25, 0.3) is 10.2 Å². The predicted octanol–water partition coefficient (Wildman–Crippen LogP) is 3.60. The van der Waals surface area contributed by atoms with Gasteiger partial charge in [0, 0.05) is 12.3 Å². The lowest BCUT2D eigenvalue weighted by Gasteiger charge is -2.19. The summed E-state index contributed by atoms with van der Waals surface area (Å²) in [6, 6.07) is 5.14. The number of benzene rings is 1. The van der Waals surface area contributed by atoms with E-state index in [9.17, 15) is 10.0 Å². The zero-order chi connectivity index (χ0) is 16.8. The summed E-state index contributed by atoms with van der Waals surface area (Å²) >= 11 is 3.19. The summed E-state index contributed by atoms with van der Waals surface area (Å²) in [7, 11) is 0. The van der Waals surface area contributed by atoms with E-state index in [1.54, 1.807) is 36.9 Å². The summed E-state index contributed by atoms with van der Waals surface area (Å²) in [6.45, 7) is 6.55. The first kappa shape index (κ1) is 17.8. The molecule has 2 aromatic rings. The number of carbonyl (C=O) groups excluding carboxylic acids is 1. The number of carbonyl (C=O) groups is 1. The number of hydrogen-bond acceptors (Lipinski definition) is 6. The van der Waals surface area contributed by atoms with Crippen LogP contribution in [0.4, 0.5) is 4.79 Å². The van der Waals surface area contributed by atoms with Gasteiger partial charge in [-0.3, -0.25) is 5.21 Å². The van der Waals surface area contributed by atoms with E-state index in [1.807, 2.05) is 25.1 Å². The Labute approximate surface area is 143 Å². The molecule has 0 aliphatic rings. The lowest BCUT2D eigenvalue weighted by molar-refractivity contribution is -0.0675. The fourth-order valence-corrected chi connectivity index (χ4v) is 3.84. The van der Waals surface area contributed by atoms with Crippen molar-refractivity contribution in [3.63, 3.8) is 0 Å². The molecule has 23 heavy (non-hydrogen) atoms. The van der Waals surface area contributed by atoms with Crippen molar-refractivity contribution < 1.29 is 14.7 Å². The highest BCUT2D eigenvalue weighted by Gasteiger charge is 2.13. The molecule has 2 amide bonds. The molecule has 0 aliphatic carbocycles. The second-order valence-corrected chi connectivity index (χ2v) is 7.43. The van der Waals surface area contributed by atoms with Gasteiger partial charge in [0.2, 0.25) is 0 Å². The van der Waals surface area contributed by atoms with Gasteiger partial charge in [-0.2, -0.15) is 0 Å². The van der Waals surface area contributed by atoms with Crippen molar-refractivity contribution in [3.8, 4) is 5.75 Å². The van der Waals surface area contributed by atoms with E-state index in [2.05, 4.69) is 10.3 Å². The Balaban J connectivity index is 1.84. The van der Waals surface area contributed by atoms with Crippen molar-refractivity contribution in [2.75, 3.05) is 18.9 Å². The summed E-state index contributed by atoms with van der Waals surface area (Å²) in [5.74, 6) is 1.54. The number of hydroxylamine groups is 2. The largest absolute Gasteiger partial charge is 0.494 e. The fourth-order valence-electron chi connectivity index (χ4n) is 1.81. The van der Waals surface area contributed by atoms with Gasteiger partial charge in [0.15, 0.2) is 4.34 Å². The Morgan fingerprint density at radius 3 is 3.00 bits per heavy atom. The standard InChI is InChI=1S/C15H21N3O3S2/c1-4-21-11-5-6-12-13(9-11)23-15(17-12)22-8-7-16-14(19)18(20)10(2)3/h5-6,9-10,20H,4,7-8H2,1-3H3,(H,16,19). The number of nitrogens with one attached hydrogen (secondary N) is 1. The third kappa shape index (κ3) is 4.98. The smallest absolute Gasteiger partial charge is 0.341 e. The summed E-state index contributed by atoms with van der Waals surface area (Å²) in [5, 5.41) is 12.8. The van der Waals surface area contributed by atoms with Crippen LogP contribution in [-0.2, 0) is 0 Å². The first-order valence-electron chi connectivity index (χ1n) is 7.43. The maximum atomic E-state index is 11.6. The van der Waals surface area contributed by atoms with E-state index in [1.165, 1.54) is 0 Å². The lowest BCUT2D eigenvalue weighted by atomic mass is 10.3. The fraction of sp³-hybridized carbons (Fsp3) is 0.467. The summed E-state index contributed by atoms with van der Waals surface area (Å²) in [4.78, 5) is 16.1. The molecule has 0 aliphatic heterocycles. The van der Waals surface area contributed by atoms with Gasteiger partial charge in [-0.1, -0.05) is 11.8 Å². The number of nitrogens with zero attached hydrogens (tertiary/aromatic N) is 2. The van der Waals surface area contributed by atoms with Gasteiger partial charge in [0.05, 0.1) is 22.9 Å². The molecule has 126 valence electrons. The van der Waals surface area contributed by atoms with Gasteiger partial charge in [-0.05, 0) is 39.0 Å². The minimum absolute atomic E-state index is 0.244. The van der Waals surface area contributed by atoms with Gasteiger partial charge in [-0.25, -0.2) is 14.8 Å². The van der Waals surface area contributed by atoms with E-state index in [4.69, 9.17) is 4.74 Å². The zero-order valence-electron chi connectivity index (χ0n) is 13.4. The van der Waals surface area contributed by atoms with E-state index >= 15 is 0 Å². The second-order valence-electron chi connectivity index (χ2n) is 5.06. The first-order chi connectivity index (χ1) is 11.0. The molecule has 2 N–H and O–H groups in total. The highest BCUT2D eigenvalue weighted by atomic mass is 32.2. The minimum Gasteiger partial charge on any atom is -0.494 e. The summed E-state index contributed by atoms with van der Waals surface area (Å²) < 4.78 is 7.52. The van der Waals surface area contributed by atoms with Crippen LogP contribution in [0.1, 0.15) is 20.8 Å². The molecule has 1 heterocycles. The number of thioether (sulfide) groups is 1. The van der Waals surface area contributed by atoms with Crippen LogP contribution in [-0.4, -0.2) is 46.2 Å². The van der Waals surface area contributed by atoms with E-state index in [-0.39, 0.29) is 6.04 Å².